The van der Waals surface area contributed by atoms with Crippen LogP contribution in [0, 0.1) is 0 Å². The zero-order valence-corrected chi connectivity index (χ0v) is 13.9. The summed E-state index contributed by atoms with van der Waals surface area (Å²) in [4.78, 5) is 15.5. The van der Waals surface area contributed by atoms with E-state index in [2.05, 4.69) is 26.2 Å². The predicted molar refractivity (Wildman–Crippen MR) is 85.2 cm³/mol. The van der Waals surface area contributed by atoms with Crippen molar-refractivity contribution in [2.45, 2.75) is 19.3 Å². The van der Waals surface area contributed by atoms with Gasteiger partial charge in [-0.15, -0.1) is 11.3 Å². The van der Waals surface area contributed by atoms with Crippen LogP contribution in [0.4, 0.5) is 10.8 Å². The molecular weight excluding hydrogens is 364 g/mol. The summed E-state index contributed by atoms with van der Waals surface area (Å²) in [5, 5.41) is 15.3. The lowest BCUT2D eigenvalue weighted by Crippen LogP contribution is -2.28. The van der Waals surface area contributed by atoms with E-state index in [1.165, 1.54) is 11.3 Å². The van der Waals surface area contributed by atoms with Crippen molar-refractivity contribution in [2.75, 3.05) is 5.32 Å². The van der Waals surface area contributed by atoms with Crippen molar-refractivity contribution in [3.8, 4) is 0 Å². The molecule has 2 rings (SSSR count). The van der Waals surface area contributed by atoms with Gasteiger partial charge in [0.1, 0.15) is 5.41 Å². The van der Waals surface area contributed by atoms with Crippen LogP contribution in [0.3, 0.4) is 0 Å². The van der Waals surface area contributed by atoms with Crippen LogP contribution in [0.5, 0.6) is 0 Å². The molecule has 0 radical (unpaired) electrons. The number of anilines is 2. The summed E-state index contributed by atoms with van der Waals surface area (Å²) in [5.74, 6) is -0.899. The van der Waals surface area contributed by atoms with Gasteiger partial charge in [-0.05, 0) is 48.0 Å². The molecule has 1 heterocycles. The molecule has 1 aromatic heterocycles. The average molecular weight is 376 g/mol. The quantitative estimate of drug-likeness (QED) is 0.815. The molecule has 0 spiro atoms. The first kappa shape index (κ1) is 15.3. The Labute approximate surface area is 133 Å². The number of benzene rings is 1. The second-order valence-electron chi connectivity index (χ2n) is 4.72. The van der Waals surface area contributed by atoms with Gasteiger partial charge in [-0.25, -0.2) is 4.98 Å². The maximum absolute atomic E-state index is 11.2. The molecule has 0 fully saturated rings. The molecule has 2 N–H and O–H groups in total. The highest BCUT2D eigenvalue weighted by Crippen LogP contribution is 2.31. The Hall–Kier alpha value is -1.11. The van der Waals surface area contributed by atoms with E-state index in [1.54, 1.807) is 25.3 Å². The summed E-state index contributed by atoms with van der Waals surface area (Å²) in [6, 6.07) is 5.44. The van der Waals surface area contributed by atoms with Gasteiger partial charge in [0.2, 0.25) is 0 Å². The summed E-state index contributed by atoms with van der Waals surface area (Å²) in [6.45, 7) is 3.26. The molecule has 0 saturated heterocycles. The number of hydrogen-bond donors (Lipinski definition) is 2. The largest absolute Gasteiger partial charge is 0.481 e. The Bertz CT molecular complexity index is 658. The van der Waals surface area contributed by atoms with Crippen LogP contribution in [0.25, 0.3) is 0 Å². The minimum atomic E-state index is -1.00. The summed E-state index contributed by atoms with van der Waals surface area (Å²) in [5.41, 5.74) is 0.359. The third-order valence-electron chi connectivity index (χ3n) is 2.85. The summed E-state index contributed by atoms with van der Waals surface area (Å²) in [7, 11) is 0. The van der Waals surface area contributed by atoms with Gasteiger partial charge in [0.05, 0.1) is 10.7 Å². The highest BCUT2D eigenvalue weighted by Gasteiger charge is 2.32. The van der Waals surface area contributed by atoms with Crippen molar-refractivity contribution < 1.29 is 9.90 Å². The lowest BCUT2D eigenvalue weighted by molar-refractivity contribution is -0.142. The number of hydrogen-bond acceptors (Lipinski definition) is 4. The molecule has 7 heteroatoms. The van der Waals surface area contributed by atoms with E-state index < -0.39 is 11.4 Å². The highest BCUT2D eigenvalue weighted by atomic mass is 79.9. The van der Waals surface area contributed by atoms with E-state index in [9.17, 15) is 9.90 Å². The molecule has 0 aliphatic carbocycles. The van der Waals surface area contributed by atoms with Gasteiger partial charge in [-0.1, -0.05) is 11.6 Å². The second kappa shape index (κ2) is 5.71. The summed E-state index contributed by atoms with van der Waals surface area (Å²) < 4.78 is 0.784. The molecule has 1 aromatic carbocycles. The number of aliphatic carboxylic acids is 1. The lowest BCUT2D eigenvalue weighted by atomic mass is 9.90. The zero-order valence-electron chi connectivity index (χ0n) is 10.8. The molecule has 4 nitrogen and oxygen atoms in total. The topological polar surface area (TPSA) is 62.2 Å². The van der Waals surface area contributed by atoms with Crippen molar-refractivity contribution in [2.24, 2.45) is 0 Å². The fourth-order valence-corrected chi connectivity index (χ4v) is 2.82. The number of halogens is 2. The molecule has 0 atom stereocenters. The number of carboxylic acid groups (broad SMARTS) is 1. The first-order valence-electron chi connectivity index (χ1n) is 5.72. The first-order chi connectivity index (χ1) is 9.30. The molecule has 0 aliphatic rings. The van der Waals surface area contributed by atoms with Crippen LogP contribution in [0.2, 0.25) is 5.02 Å². The van der Waals surface area contributed by atoms with Crippen molar-refractivity contribution in [1.82, 2.24) is 4.98 Å². The van der Waals surface area contributed by atoms with Crippen LogP contribution >= 0.6 is 38.9 Å². The number of nitrogens with one attached hydrogen (secondary N) is 1. The molecule has 2 aromatic rings. The van der Waals surface area contributed by atoms with Crippen molar-refractivity contribution in [3.05, 3.63) is 38.8 Å². The standard InChI is InChI=1S/C13H12BrClN2O2S/c1-13(2,11(18)19)10-6-20-12(17-10)16-7-3-4-9(15)8(14)5-7/h3-6H,1-2H3,(H,16,17)(H,18,19). The van der Waals surface area contributed by atoms with Gasteiger partial charge >= 0.3 is 5.97 Å². The molecule has 20 heavy (non-hydrogen) atoms. The summed E-state index contributed by atoms with van der Waals surface area (Å²) in [6.07, 6.45) is 0. The van der Waals surface area contributed by atoms with E-state index in [0.717, 1.165) is 10.2 Å². The third-order valence-corrected chi connectivity index (χ3v) is 4.82. The van der Waals surface area contributed by atoms with Crippen LogP contribution in [0.1, 0.15) is 19.5 Å². The molecule has 0 unspecified atom stereocenters. The normalized spacial score (nSPS) is 11.4. The van der Waals surface area contributed by atoms with Gasteiger partial charge in [-0.3, -0.25) is 4.79 Å². The Kier molecular flexibility index (Phi) is 4.36. The Morgan fingerprint density at radius 3 is 2.80 bits per heavy atom. The van der Waals surface area contributed by atoms with Gasteiger partial charge in [0.25, 0.3) is 0 Å². The zero-order chi connectivity index (χ0) is 14.9. The number of aromatic nitrogens is 1. The van der Waals surface area contributed by atoms with Gasteiger partial charge in [-0.2, -0.15) is 0 Å². The fraction of sp³-hybridized carbons (Fsp3) is 0.231. The second-order valence-corrected chi connectivity index (χ2v) is 6.84. The van der Waals surface area contributed by atoms with Crippen LogP contribution in [0.15, 0.2) is 28.1 Å². The third kappa shape index (κ3) is 3.13. The minimum Gasteiger partial charge on any atom is -0.481 e. The van der Waals surface area contributed by atoms with E-state index in [1.807, 2.05) is 12.1 Å². The van der Waals surface area contributed by atoms with E-state index in [0.29, 0.717) is 15.8 Å². The SMILES string of the molecule is CC(C)(C(=O)O)c1csc(Nc2ccc(Cl)c(Br)c2)n1. The Morgan fingerprint density at radius 2 is 2.20 bits per heavy atom. The van der Waals surface area contributed by atoms with Gasteiger partial charge in [0.15, 0.2) is 5.13 Å². The van der Waals surface area contributed by atoms with Crippen molar-refractivity contribution in [3.63, 3.8) is 0 Å². The minimum absolute atomic E-state index is 0.533. The highest BCUT2D eigenvalue weighted by molar-refractivity contribution is 9.10. The number of rotatable bonds is 4. The number of nitrogens with zero attached hydrogens (tertiary/aromatic N) is 1. The van der Waals surface area contributed by atoms with Gasteiger partial charge in [0, 0.05) is 15.5 Å². The number of carbonyl (C=O) groups is 1. The summed E-state index contributed by atoms with van der Waals surface area (Å²) >= 11 is 10.6. The molecule has 0 bridgehead atoms. The Balaban J connectivity index is 2.21. The smallest absolute Gasteiger partial charge is 0.315 e. The average Bonchev–Trinajstić information content (AvgIpc) is 2.83. The van der Waals surface area contributed by atoms with Crippen LogP contribution < -0.4 is 5.32 Å². The fourth-order valence-electron chi connectivity index (χ4n) is 1.43. The molecule has 0 saturated carbocycles. The van der Waals surface area contributed by atoms with Gasteiger partial charge < -0.3 is 10.4 Å². The Morgan fingerprint density at radius 1 is 1.50 bits per heavy atom. The van der Waals surface area contributed by atoms with E-state index >= 15 is 0 Å². The lowest BCUT2D eigenvalue weighted by Gasteiger charge is -2.15. The number of carboxylic acids is 1. The molecule has 0 aliphatic heterocycles. The maximum Gasteiger partial charge on any atom is 0.315 e. The predicted octanol–water partition coefficient (Wildman–Crippen LogP) is 4.66. The van der Waals surface area contributed by atoms with E-state index in [4.69, 9.17) is 11.6 Å². The molecule has 106 valence electrons. The monoisotopic (exact) mass is 374 g/mol. The van der Waals surface area contributed by atoms with Crippen molar-refractivity contribution in [1.29, 1.82) is 0 Å². The van der Waals surface area contributed by atoms with Crippen molar-refractivity contribution >= 4 is 55.7 Å². The molecule has 0 amide bonds. The maximum atomic E-state index is 11.2. The molecular formula is C13H12BrClN2O2S. The van der Waals surface area contributed by atoms with Crippen LogP contribution in [-0.4, -0.2) is 16.1 Å². The van der Waals surface area contributed by atoms with Crippen LogP contribution in [-0.2, 0) is 10.2 Å². The van der Waals surface area contributed by atoms with E-state index in [-0.39, 0.29) is 0 Å². The number of thiazole rings is 1. The first-order valence-corrected chi connectivity index (χ1v) is 7.77.